The van der Waals surface area contributed by atoms with Crippen molar-refractivity contribution in [2.24, 2.45) is 0 Å². The van der Waals surface area contributed by atoms with Crippen LogP contribution in [-0.4, -0.2) is 20.1 Å². The maximum Gasteiger partial charge on any atom is 0.267 e. The SMILES string of the molecule is COc1ccc(OC)c(NC(=O)c2sc3cc(F)ccc3c2Cl)c1. The average molecular weight is 366 g/mol. The molecule has 0 fully saturated rings. The fraction of sp³-hybridized carbons (Fsp3) is 0.118. The van der Waals surface area contributed by atoms with E-state index in [1.807, 2.05) is 0 Å². The van der Waals surface area contributed by atoms with Crippen LogP contribution in [0.3, 0.4) is 0 Å². The number of hydrogen-bond acceptors (Lipinski definition) is 4. The van der Waals surface area contributed by atoms with E-state index in [1.54, 1.807) is 24.3 Å². The molecule has 7 heteroatoms. The Morgan fingerprint density at radius 1 is 1.17 bits per heavy atom. The lowest BCUT2D eigenvalue weighted by molar-refractivity contribution is 0.103. The van der Waals surface area contributed by atoms with Crippen LogP contribution in [0.15, 0.2) is 36.4 Å². The van der Waals surface area contributed by atoms with Crippen LogP contribution in [0.5, 0.6) is 11.5 Å². The number of carbonyl (C=O) groups is 1. The average Bonchev–Trinajstić information content (AvgIpc) is 2.90. The van der Waals surface area contributed by atoms with Gasteiger partial charge in [0.1, 0.15) is 22.2 Å². The third-order valence-electron chi connectivity index (χ3n) is 3.45. The van der Waals surface area contributed by atoms with Crippen LogP contribution < -0.4 is 14.8 Å². The van der Waals surface area contributed by atoms with E-state index in [9.17, 15) is 9.18 Å². The van der Waals surface area contributed by atoms with Crippen LogP contribution in [0.1, 0.15) is 9.67 Å². The third-order valence-corrected chi connectivity index (χ3v) is 5.11. The van der Waals surface area contributed by atoms with Crippen LogP contribution >= 0.6 is 22.9 Å². The Hall–Kier alpha value is -2.31. The number of benzene rings is 2. The highest BCUT2D eigenvalue weighted by Crippen LogP contribution is 2.37. The van der Waals surface area contributed by atoms with Gasteiger partial charge in [0.05, 0.1) is 24.9 Å². The zero-order chi connectivity index (χ0) is 17.3. The summed E-state index contributed by atoms with van der Waals surface area (Å²) in [6.45, 7) is 0. The molecule has 0 saturated heterocycles. The standard InChI is InChI=1S/C17H13ClFNO3S/c1-22-10-4-6-13(23-2)12(8-10)20-17(21)16-15(18)11-5-3-9(19)7-14(11)24-16/h3-8H,1-2H3,(H,20,21). The lowest BCUT2D eigenvalue weighted by Gasteiger charge is -2.11. The second kappa shape index (κ2) is 6.67. The number of fused-ring (bicyclic) bond motifs is 1. The Morgan fingerprint density at radius 3 is 2.67 bits per heavy atom. The van der Waals surface area contributed by atoms with E-state index in [4.69, 9.17) is 21.1 Å². The molecule has 0 unspecified atom stereocenters. The molecular weight excluding hydrogens is 353 g/mol. The van der Waals surface area contributed by atoms with Crippen molar-refractivity contribution in [1.82, 2.24) is 0 Å². The highest BCUT2D eigenvalue weighted by molar-refractivity contribution is 7.21. The predicted molar refractivity (Wildman–Crippen MR) is 94.3 cm³/mol. The van der Waals surface area contributed by atoms with Crippen molar-refractivity contribution in [2.75, 3.05) is 19.5 Å². The summed E-state index contributed by atoms with van der Waals surface area (Å²) in [5.74, 6) is 0.304. The summed E-state index contributed by atoms with van der Waals surface area (Å²) in [7, 11) is 3.04. The number of methoxy groups -OCH3 is 2. The van der Waals surface area contributed by atoms with Crippen LogP contribution in [0.2, 0.25) is 5.02 Å². The smallest absolute Gasteiger partial charge is 0.267 e. The number of thiophene rings is 1. The number of amides is 1. The van der Waals surface area contributed by atoms with Gasteiger partial charge in [0.25, 0.3) is 5.91 Å². The molecule has 3 rings (SSSR count). The summed E-state index contributed by atoms with van der Waals surface area (Å²) in [4.78, 5) is 12.9. The zero-order valence-corrected chi connectivity index (χ0v) is 14.4. The molecule has 4 nitrogen and oxygen atoms in total. The molecule has 0 radical (unpaired) electrons. The van der Waals surface area contributed by atoms with E-state index in [0.717, 1.165) is 11.3 Å². The largest absolute Gasteiger partial charge is 0.497 e. The fourth-order valence-corrected chi connectivity index (χ4v) is 3.71. The van der Waals surface area contributed by atoms with Gasteiger partial charge in [0.2, 0.25) is 0 Å². The van der Waals surface area contributed by atoms with Gasteiger partial charge in [-0.3, -0.25) is 4.79 Å². The van der Waals surface area contributed by atoms with Crippen LogP contribution in [-0.2, 0) is 0 Å². The Kier molecular flexibility index (Phi) is 4.59. The van der Waals surface area contributed by atoms with Crippen LogP contribution in [0.4, 0.5) is 10.1 Å². The molecule has 0 atom stereocenters. The van der Waals surface area contributed by atoms with Gasteiger partial charge in [-0.15, -0.1) is 11.3 Å². The lowest BCUT2D eigenvalue weighted by atomic mass is 10.2. The Balaban J connectivity index is 1.97. The molecule has 124 valence electrons. The van der Waals surface area contributed by atoms with Gasteiger partial charge in [0.15, 0.2) is 0 Å². The predicted octanol–water partition coefficient (Wildman–Crippen LogP) is 4.96. The number of anilines is 1. The maximum absolute atomic E-state index is 13.3. The van der Waals surface area contributed by atoms with Gasteiger partial charge < -0.3 is 14.8 Å². The molecule has 0 aliphatic rings. The molecule has 0 aliphatic carbocycles. The Labute approximate surface area is 146 Å². The first-order valence-corrected chi connectivity index (χ1v) is 8.14. The number of hydrogen-bond donors (Lipinski definition) is 1. The number of halogens is 2. The van der Waals surface area contributed by atoms with Crippen molar-refractivity contribution in [3.05, 3.63) is 52.1 Å². The monoisotopic (exact) mass is 365 g/mol. The quantitative estimate of drug-likeness (QED) is 0.710. The third kappa shape index (κ3) is 3.02. The highest BCUT2D eigenvalue weighted by Gasteiger charge is 2.19. The Morgan fingerprint density at radius 2 is 1.96 bits per heavy atom. The van der Waals surface area contributed by atoms with E-state index >= 15 is 0 Å². The number of carbonyl (C=O) groups excluding carboxylic acids is 1. The highest BCUT2D eigenvalue weighted by atomic mass is 35.5. The van der Waals surface area contributed by atoms with Gasteiger partial charge in [-0.05, 0) is 30.3 Å². The number of ether oxygens (including phenoxy) is 2. The van der Waals surface area contributed by atoms with Gasteiger partial charge in [-0.25, -0.2) is 4.39 Å². The van der Waals surface area contributed by atoms with Gasteiger partial charge in [0, 0.05) is 16.2 Å². The molecule has 1 heterocycles. The van der Waals surface area contributed by atoms with Crippen molar-refractivity contribution in [2.45, 2.75) is 0 Å². The van der Waals surface area contributed by atoms with Gasteiger partial charge in [-0.1, -0.05) is 11.6 Å². The molecule has 0 bridgehead atoms. The second-order valence-electron chi connectivity index (χ2n) is 4.91. The summed E-state index contributed by atoms with van der Waals surface area (Å²) in [6, 6.07) is 9.30. The second-order valence-corrected chi connectivity index (χ2v) is 6.34. The molecule has 24 heavy (non-hydrogen) atoms. The first-order valence-electron chi connectivity index (χ1n) is 6.94. The Bertz CT molecular complexity index is 926. The fourth-order valence-electron chi connectivity index (χ4n) is 2.28. The summed E-state index contributed by atoms with van der Waals surface area (Å²) in [6.07, 6.45) is 0. The van der Waals surface area contributed by atoms with E-state index in [1.165, 1.54) is 26.4 Å². The number of nitrogens with one attached hydrogen (secondary N) is 1. The van der Waals surface area contributed by atoms with Crippen LogP contribution in [0, 0.1) is 5.82 Å². The molecule has 2 aromatic carbocycles. The zero-order valence-electron chi connectivity index (χ0n) is 12.9. The van der Waals surface area contributed by atoms with Gasteiger partial charge in [-0.2, -0.15) is 0 Å². The molecule has 1 N–H and O–H groups in total. The molecule has 1 amide bonds. The topological polar surface area (TPSA) is 47.6 Å². The van der Waals surface area contributed by atoms with Crippen molar-refractivity contribution in [1.29, 1.82) is 0 Å². The minimum Gasteiger partial charge on any atom is -0.497 e. The number of rotatable bonds is 4. The molecule has 0 aliphatic heterocycles. The molecule has 1 aromatic heterocycles. The van der Waals surface area contributed by atoms with Crippen molar-refractivity contribution < 1.29 is 18.7 Å². The summed E-state index contributed by atoms with van der Waals surface area (Å²) < 4.78 is 24.3. The normalized spacial score (nSPS) is 10.7. The van der Waals surface area contributed by atoms with E-state index in [2.05, 4.69) is 5.32 Å². The molecule has 0 saturated carbocycles. The minimum absolute atomic E-state index is 0.300. The maximum atomic E-state index is 13.3. The van der Waals surface area contributed by atoms with Crippen LogP contribution in [0.25, 0.3) is 10.1 Å². The van der Waals surface area contributed by atoms with E-state index in [0.29, 0.717) is 37.2 Å². The molecule has 0 spiro atoms. The molecular formula is C17H13ClFNO3S. The first-order chi connectivity index (χ1) is 11.5. The van der Waals surface area contributed by atoms with E-state index in [-0.39, 0.29) is 5.82 Å². The van der Waals surface area contributed by atoms with Crippen molar-refractivity contribution >= 4 is 44.6 Å². The molecule has 3 aromatic rings. The van der Waals surface area contributed by atoms with E-state index < -0.39 is 5.91 Å². The van der Waals surface area contributed by atoms with Crippen molar-refractivity contribution in [3.63, 3.8) is 0 Å². The lowest BCUT2D eigenvalue weighted by Crippen LogP contribution is -2.11. The summed E-state index contributed by atoms with van der Waals surface area (Å²) in [5.41, 5.74) is 0.460. The minimum atomic E-state index is -0.395. The first kappa shape index (κ1) is 16.5. The summed E-state index contributed by atoms with van der Waals surface area (Å²) in [5, 5.41) is 3.70. The van der Waals surface area contributed by atoms with Crippen molar-refractivity contribution in [3.8, 4) is 11.5 Å². The summed E-state index contributed by atoms with van der Waals surface area (Å²) >= 11 is 7.41. The van der Waals surface area contributed by atoms with Gasteiger partial charge >= 0.3 is 0 Å².